The molecule has 1 saturated heterocycles. The maximum atomic E-state index is 11.7. The molecule has 0 bridgehead atoms. The molecule has 0 saturated carbocycles. The summed E-state index contributed by atoms with van der Waals surface area (Å²) in [6.45, 7) is 1.93. The Kier molecular flexibility index (Phi) is 3.35. The topological polar surface area (TPSA) is 37.4 Å². The summed E-state index contributed by atoms with van der Waals surface area (Å²) in [5.41, 5.74) is 1.67. The van der Waals surface area contributed by atoms with Crippen molar-refractivity contribution in [1.82, 2.24) is 0 Å². The molecule has 3 nitrogen and oxygen atoms in total. The molecule has 1 fully saturated rings. The number of amides is 2. The van der Waals surface area contributed by atoms with Gasteiger partial charge in [0, 0.05) is 4.47 Å². The van der Waals surface area contributed by atoms with Gasteiger partial charge < -0.3 is 0 Å². The van der Waals surface area contributed by atoms with Crippen molar-refractivity contribution in [2.24, 2.45) is 0 Å². The van der Waals surface area contributed by atoms with Crippen LogP contribution in [0.1, 0.15) is 5.56 Å². The van der Waals surface area contributed by atoms with Gasteiger partial charge in [-0.25, -0.2) is 4.90 Å². The lowest BCUT2D eigenvalue weighted by atomic mass is 10.2. The first-order chi connectivity index (χ1) is 7.59. The van der Waals surface area contributed by atoms with Crippen molar-refractivity contribution in [3.05, 3.63) is 28.2 Å². The monoisotopic (exact) mass is 299 g/mol. The Morgan fingerprint density at radius 3 is 2.50 bits per heavy atom. The van der Waals surface area contributed by atoms with E-state index in [0.29, 0.717) is 17.2 Å². The fourth-order valence-corrected chi connectivity index (χ4v) is 2.69. The average molecular weight is 300 g/mol. The van der Waals surface area contributed by atoms with Crippen molar-refractivity contribution in [1.29, 1.82) is 0 Å². The summed E-state index contributed by atoms with van der Waals surface area (Å²) in [6.07, 6.45) is 0. The van der Waals surface area contributed by atoms with Gasteiger partial charge in [-0.2, -0.15) is 0 Å². The number of carbonyl (C=O) groups is 2. The SMILES string of the molecule is Cc1ccc(Br)c(N2C(=O)CSCC2=O)c1. The molecule has 84 valence electrons. The number of carbonyl (C=O) groups excluding carboxylic acids is 2. The normalized spacial score (nSPS) is 16.8. The third-order valence-electron chi connectivity index (χ3n) is 2.29. The van der Waals surface area contributed by atoms with Gasteiger partial charge >= 0.3 is 0 Å². The van der Waals surface area contributed by atoms with Crippen LogP contribution in [-0.4, -0.2) is 23.3 Å². The van der Waals surface area contributed by atoms with Gasteiger partial charge in [0.05, 0.1) is 17.2 Å². The molecule has 1 aromatic carbocycles. The molecule has 0 N–H and O–H groups in total. The van der Waals surface area contributed by atoms with E-state index in [2.05, 4.69) is 15.9 Å². The lowest BCUT2D eigenvalue weighted by Crippen LogP contribution is -2.43. The standard InChI is InChI=1S/C11H10BrNO2S/c1-7-2-3-8(12)9(4-7)13-10(14)5-16-6-11(13)15/h2-4H,5-6H2,1H3. The number of aryl methyl sites for hydroxylation is 1. The van der Waals surface area contributed by atoms with E-state index in [1.165, 1.54) is 16.7 Å². The van der Waals surface area contributed by atoms with Crippen LogP contribution in [0.2, 0.25) is 0 Å². The van der Waals surface area contributed by atoms with Crippen molar-refractivity contribution < 1.29 is 9.59 Å². The summed E-state index contributed by atoms with van der Waals surface area (Å²) in [6, 6.07) is 5.63. The quantitative estimate of drug-likeness (QED) is 0.747. The number of nitrogens with zero attached hydrogens (tertiary/aromatic N) is 1. The molecule has 0 radical (unpaired) electrons. The Morgan fingerprint density at radius 2 is 1.88 bits per heavy atom. The van der Waals surface area contributed by atoms with Crippen LogP contribution in [0.25, 0.3) is 0 Å². The molecular weight excluding hydrogens is 290 g/mol. The van der Waals surface area contributed by atoms with Crippen LogP contribution in [0.3, 0.4) is 0 Å². The van der Waals surface area contributed by atoms with E-state index in [-0.39, 0.29) is 11.8 Å². The average Bonchev–Trinajstić information content (AvgIpc) is 2.23. The second-order valence-electron chi connectivity index (χ2n) is 3.57. The number of thioether (sulfide) groups is 1. The van der Waals surface area contributed by atoms with E-state index in [1.54, 1.807) is 0 Å². The van der Waals surface area contributed by atoms with Crippen LogP contribution in [0.4, 0.5) is 5.69 Å². The van der Waals surface area contributed by atoms with E-state index in [9.17, 15) is 9.59 Å². The van der Waals surface area contributed by atoms with Gasteiger partial charge in [-0.1, -0.05) is 6.07 Å². The zero-order valence-corrected chi connectivity index (χ0v) is 11.1. The molecule has 0 unspecified atom stereocenters. The maximum absolute atomic E-state index is 11.7. The third-order valence-corrected chi connectivity index (χ3v) is 3.87. The maximum Gasteiger partial charge on any atom is 0.243 e. The summed E-state index contributed by atoms with van der Waals surface area (Å²) < 4.78 is 0.770. The van der Waals surface area contributed by atoms with E-state index >= 15 is 0 Å². The van der Waals surface area contributed by atoms with E-state index in [0.717, 1.165) is 10.0 Å². The number of hydrogen-bond acceptors (Lipinski definition) is 3. The van der Waals surface area contributed by atoms with Crippen molar-refractivity contribution >= 4 is 45.2 Å². The number of imide groups is 1. The first-order valence-electron chi connectivity index (χ1n) is 4.79. The highest BCUT2D eigenvalue weighted by atomic mass is 79.9. The Hall–Kier alpha value is -0.810. The largest absolute Gasteiger partial charge is 0.273 e. The summed E-state index contributed by atoms with van der Waals surface area (Å²) in [7, 11) is 0. The molecule has 0 aromatic heterocycles. The van der Waals surface area contributed by atoms with Gasteiger partial charge in [0.1, 0.15) is 0 Å². The van der Waals surface area contributed by atoms with Crippen molar-refractivity contribution in [3.63, 3.8) is 0 Å². The van der Waals surface area contributed by atoms with Gasteiger partial charge in [-0.15, -0.1) is 11.8 Å². The van der Waals surface area contributed by atoms with Gasteiger partial charge in [-0.05, 0) is 40.5 Å². The molecule has 16 heavy (non-hydrogen) atoms. The van der Waals surface area contributed by atoms with E-state index in [1.807, 2.05) is 25.1 Å². The number of anilines is 1. The molecule has 1 aromatic rings. The van der Waals surface area contributed by atoms with Crippen LogP contribution < -0.4 is 4.90 Å². The minimum atomic E-state index is -0.146. The molecule has 1 aliphatic heterocycles. The minimum Gasteiger partial charge on any atom is -0.273 e. The highest BCUT2D eigenvalue weighted by Gasteiger charge is 2.29. The second-order valence-corrected chi connectivity index (χ2v) is 5.41. The highest BCUT2D eigenvalue weighted by Crippen LogP contribution is 2.30. The van der Waals surface area contributed by atoms with Crippen LogP contribution in [0, 0.1) is 6.92 Å². The smallest absolute Gasteiger partial charge is 0.243 e. The Labute approximate surface area is 106 Å². The van der Waals surface area contributed by atoms with Gasteiger partial charge in [-0.3, -0.25) is 9.59 Å². The van der Waals surface area contributed by atoms with Crippen molar-refractivity contribution in [3.8, 4) is 0 Å². The molecule has 2 amide bonds. The summed E-state index contributed by atoms with van der Waals surface area (Å²) in [5, 5.41) is 0. The Balaban J connectivity index is 2.45. The molecule has 0 atom stereocenters. The lowest BCUT2D eigenvalue weighted by Gasteiger charge is -2.25. The fraction of sp³-hybridized carbons (Fsp3) is 0.273. The molecule has 5 heteroatoms. The molecule has 1 heterocycles. The minimum absolute atomic E-state index is 0.146. The molecule has 1 aliphatic rings. The van der Waals surface area contributed by atoms with Crippen LogP contribution in [0.15, 0.2) is 22.7 Å². The third kappa shape index (κ3) is 2.15. The summed E-state index contributed by atoms with van der Waals surface area (Å²) in [4.78, 5) is 24.7. The van der Waals surface area contributed by atoms with Crippen LogP contribution >= 0.6 is 27.7 Å². The van der Waals surface area contributed by atoms with Crippen molar-refractivity contribution in [2.75, 3.05) is 16.4 Å². The predicted molar refractivity (Wildman–Crippen MR) is 68.7 cm³/mol. The van der Waals surface area contributed by atoms with E-state index < -0.39 is 0 Å². The van der Waals surface area contributed by atoms with Gasteiger partial charge in [0.2, 0.25) is 11.8 Å². The molecule has 0 spiro atoms. The van der Waals surface area contributed by atoms with E-state index in [4.69, 9.17) is 0 Å². The Morgan fingerprint density at radius 1 is 1.25 bits per heavy atom. The highest BCUT2D eigenvalue weighted by molar-refractivity contribution is 9.10. The summed E-state index contributed by atoms with van der Waals surface area (Å²) >= 11 is 4.73. The number of halogens is 1. The fourth-order valence-electron chi connectivity index (χ4n) is 1.56. The zero-order chi connectivity index (χ0) is 11.7. The Bertz CT molecular complexity index is 445. The van der Waals surface area contributed by atoms with Crippen LogP contribution in [-0.2, 0) is 9.59 Å². The first-order valence-corrected chi connectivity index (χ1v) is 6.74. The summed E-state index contributed by atoms with van der Waals surface area (Å²) in [5.74, 6) is 0.443. The van der Waals surface area contributed by atoms with Gasteiger partial charge in [0.25, 0.3) is 0 Å². The van der Waals surface area contributed by atoms with Gasteiger partial charge in [0.15, 0.2) is 0 Å². The van der Waals surface area contributed by atoms with Crippen LogP contribution in [0.5, 0.6) is 0 Å². The number of rotatable bonds is 1. The predicted octanol–water partition coefficient (Wildman–Crippen LogP) is 2.36. The number of hydrogen-bond donors (Lipinski definition) is 0. The zero-order valence-electron chi connectivity index (χ0n) is 8.70. The number of benzene rings is 1. The first kappa shape index (κ1) is 11.7. The van der Waals surface area contributed by atoms with Crippen molar-refractivity contribution in [2.45, 2.75) is 6.92 Å². The lowest BCUT2D eigenvalue weighted by molar-refractivity contribution is -0.124. The molecule has 2 rings (SSSR count). The molecular formula is C11H10BrNO2S. The molecule has 0 aliphatic carbocycles. The second kappa shape index (κ2) is 4.59.